The van der Waals surface area contributed by atoms with Gasteiger partial charge in [0, 0.05) is 18.4 Å². The van der Waals surface area contributed by atoms with Crippen LogP contribution < -0.4 is 10.2 Å². The number of rotatable bonds is 4. The number of carbonyl (C=O) groups is 4. The van der Waals surface area contributed by atoms with E-state index in [1.807, 2.05) is 0 Å². The Bertz CT molecular complexity index is 611. The fraction of sp³-hybridized carbons (Fsp3) is 0.200. The molecule has 9 heteroatoms. The first-order valence-electron chi connectivity index (χ1n) is 6.70. The topological polar surface area (TPSA) is 111 Å². The van der Waals surface area contributed by atoms with Crippen LogP contribution in [0.25, 0.3) is 0 Å². The van der Waals surface area contributed by atoms with E-state index in [9.17, 15) is 19.2 Å². The summed E-state index contributed by atoms with van der Waals surface area (Å²) in [5.74, 6) is -1.59. The summed E-state index contributed by atoms with van der Waals surface area (Å²) in [5.41, 5.74) is 2.41. The molecule has 1 aliphatic heterocycles. The number of nitrogens with zero attached hydrogens (tertiary/aromatic N) is 1. The molecule has 1 saturated heterocycles. The van der Waals surface area contributed by atoms with Crippen LogP contribution >= 0.6 is 0 Å². The van der Waals surface area contributed by atoms with Crippen LogP contribution in [0.5, 0.6) is 5.75 Å². The first kappa shape index (κ1) is 18.8. The largest absolute Gasteiger partial charge is 0.539 e. The van der Waals surface area contributed by atoms with Gasteiger partial charge in [-0.3, -0.25) is 24.1 Å². The van der Waals surface area contributed by atoms with Gasteiger partial charge in [0.15, 0.2) is 0 Å². The van der Waals surface area contributed by atoms with Gasteiger partial charge in [-0.25, -0.2) is 10.3 Å². The van der Waals surface area contributed by atoms with Gasteiger partial charge in [0.2, 0.25) is 0 Å². The van der Waals surface area contributed by atoms with E-state index in [0.29, 0.717) is 5.06 Å². The molecular formula is C15H16N2O7. The molecule has 0 radical (unpaired) electrons. The van der Waals surface area contributed by atoms with E-state index in [0.717, 1.165) is 0 Å². The van der Waals surface area contributed by atoms with Crippen LogP contribution in [0.4, 0.5) is 4.79 Å². The van der Waals surface area contributed by atoms with Crippen molar-refractivity contribution in [3.05, 3.63) is 43.0 Å². The molecule has 0 saturated carbocycles. The van der Waals surface area contributed by atoms with Gasteiger partial charge in [0.1, 0.15) is 5.75 Å². The number of hydroxylamine groups is 3. The zero-order valence-electron chi connectivity index (χ0n) is 12.9. The quantitative estimate of drug-likeness (QED) is 0.290. The predicted molar refractivity (Wildman–Crippen MR) is 80.4 cm³/mol. The standard InChI is InChI=1S/C13H12N2O7.C2H4/c1-20-14-12(18)8-2-4-9(5-3-8)21-13(19)22-15-10(16)6-7-11(15)17;1-2/h2-5H,6-7H2,1H3,(H,14,18);1-2H2. The molecular weight excluding hydrogens is 320 g/mol. The molecule has 1 heterocycles. The summed E-state index contributed by atoms with van der Waals surface area (Å²) < 4.78 is 4.80. The molecule has 2 rings (SSSR count). The third-order valence-corrected chi connectivity index (χ3v) is 2.68. The summed E-state index contributed by atoms with van der Waals surface area (Å²) in [5, 5.41) is 0.378. The number of benzene rings is 1. The average molecular weight is 336 g/mol. The summed E-state index contributed by atoms with van der Waals surface area (Å²) in [7, 11) is 1.30. The van der Waals surface area contributed by atoms with Gasteiger partial charge in [-0.1, -0.05) is 5.06 Å². The summed E-state index contributed by atoms with van der Waals surface area (Å²) in [6.07, 6.45) is -1.23. The minimum atomic E-state index is -1.22. The maximum atomic E-state index is 11.5. The van der Waals surface area contributed by atoms with Crippen LogP contribution in [0, 0.1) is 0 Å². The second-order valence-corrected chi connectivity index (χ2v) is 4.18. The molecule has 1 aromatic carbocycles. The lowest BCUT2D eigenvalue weighted by molar-refractivity contribution is -0.174. The number of hydrogen-bond donors (Lipinski definition) is 1. The molecule has 0 aliphatic carbocycles. The van der Waals surface area contributed by atoms with E-state index in [4.69, 9.17) is 4.74 Å². The first-order valence-corrected chi connectivity index (χ1v) is 6.70. The zero-order chi connectivity index (χ0) is 18.1. The molecule has 0 aromatic heterocycles. The lowest BCUT2D eigenvalue weighted by Crippen LogP contribution is -2.33. The van der Waals surface area contributed by atoms with Gasteiger partial charge in [-0.05, 0) is 24.3 Å². The van der Waals surface area contributed by atoms with Crippen molar-refractivity contribution in [2.24, 2.45) is 0 Å². The number of amides is 3. The maximum absolute atomic E-state index is 11.5. The van der Waals surface area contributed by atoms with Crippen LogP contribution in [0.15, 0.2) is 37.4 Å². The number of ether oxygens (including phenoxy) is 1. The molecule has 24 heavy (non-hydrogen) atoms. The second kappa shape index (κ2) is 9.06. The monoisotopic (exact) mass is 336 g/mol. The SMILES string of the molecule is C=C.CONC(=O)c1ccc(OC(=O)ON2C(=O)CCC2=O)cc1. The molecule has 128 valence electrons. The van der Waals surface area contributed by atoms with Gasteiger partial charge in [-0.15, -0.1) is 13.2 Å². The Kier molecular flexibility index (Phi) is 7.11. The van der Waals surface area contributed by atoms with Crippen molar-refractivity contribution >= 4 is 23.9 Å². The van der Waals surface area contributed by atoms with E-state index < -0.39 is 23.9 Å². The Morgan fingerprint density at radius 1 is 1.08 bits per heavy atom. The van der Waals surface area contributed by atoms with Crippen LogP contribution in [0.1, 0.15) is 23.2 Å². The molecule has 1 fully saturated rings. The van der Waals surface area contributed by atoms with Gasteiger partial charge in [-0.2, -0.15) is 0 Å². The van der Waals surface area contributed by atoms with Gasteiger partial charge in [0.25, 0.3) is 17.7 Å². The minimum Gasteiger partial charge on any atom is -0.393 e. The first-order chi connectivity index (χ1) is 11.5. The summed E-state index contributed by atoms with van der Waals surface area (Å²) in [6.45, 7) is 6.00. The summed E-state index contributed by atoms with van der Waals surface area (Å²) in [6, 6.07) is 5.48. The highest BCUT2D eigenvalue weighted by molar-refractivity contribution is 6.01. The van der Waals surface area contributed by atoms with E-state index in [2.05, 4.69) is 28.3 Å². The Balaban J connectivity index is 0.00000139. The molecule has 0 bridgehead atoms. The van der Waals surface area contributed by atoms with Crippen molar-refractivity contribution in [3.8, 4) is 5.75 Å². The van der Waals surface area contributed by atoms with E-state index in [1.54, 1.807) is 0 Å². The molecule has 9 nitrogen and oxygen atoms in total. The van der Waals surface area contributed by atoms with Crippen molar-refractivity contribution in [1.29, 1.82) is 0 Å². The average Bonchev–Trinajstić information content (AvgIpc) is 2.89. The van der Waals surface area contributed by atoms with E-state index in [1.165, 1.54) is 31.4 Å². The summed E-state index contributed by atoms with van der Waals surface area (Å²) in [4.78, 5) is 54.5. The Hall–Kier alpha value is -3.20. The highest BCUT2D eigenvalue weighted by Crippen LogP contribution is 2.16. The normalized spacial score (nSPS) is 13.0. The second-order valence-electron chi connectivity index (χ2n) is 4.18. The highest BCUT2D eigenvalue weighted by atomic mass is 16.8. The number of carbonyl (C=O) groups excluding carboxylic acids is 4. The third-order valence-electron chi connectivity index (χ3n) is 2.68. The van der Waals surface area contributed by atoms with Crippen LogP contribution in [0.3, 0.4) is 0 Å². The van der Waals surface area contributed by atoms with E-state index in [-0.39, 0.29) is 24.2 Å². The van der Waals surface area contributed by atoms with Gasteiger partial charge in [0.05, 0.1) is 7.11 Å². The summed E-state index contributed by atoms with van der Waals surface area (Å²) >= 11 is 0. The van der Waals surface area contributed by atoms with E-state index >= 15 is 0 Å². The molecule has 0 spiro atoms. The van der Waals surface area contributed by atoms with Gasteiger partial charge >= 0.3 is 6.16 Å². The molecule has 0 atom stereocenters. The number of hydrogen-bond acceptors (Lipinski definition) is 7. The van der Waals surface area contributed by atoms with Crippen molar-refractivity contribution < 1.29 is 33.6 Å². The lowest BCUT2D eigenvalue weighted by atomic mass is 10.2. The van der Waals surface area contributed by atoms with Crippen molar-refractivity contribution in [2.45, 2.75) is 12.8 Å². The van der Waals surface area contributed by atoms with Gasteiger partial charge < -0.3 is 4.74 Å². The number of nitrogens with one attached hydrogen (secondary N) is 1. The fourth-order valence-corrected chi connectivity index (χ4v) is 1.67. The van der Waals surface area contributed by atoms with Crippen LogP contribution in [-0.2, 0) is 19.3 Å². The smallest absolute Gasteiger partial charge is 0.393 e. The zero-order valence-corrected chi connectivity index (χ0v) is 12.9. The maximum Gasteiger partial charge on any atom is 0.539 e. The van der Waals surface area contributed by atoms with Crippen LogP contribution in [-0.4, -0.2) is 36.0 Å². The molecule has 3 amide bonds. The highest BCUT2D eigenvalue weighted by Gasteiger charge is 2.33. The Morgan fingerprint density at radius 2 is 1.62 bits per heavy atom. The third kappa shape index (κ3) is 4.92. The van der Waals surface area contributed by atoms with Crippen molar-refractivity contribution in [2.75, 3.05) is 7.11 Å². The molecule has 0 unspecified atom stereocenters. The minimum absolute atomic E-state index is 0.00454. The molecule has 1 aromatic rings. The van der Waals surface area contributed by atoms with Crippen LogP contribution in [0.2, 0.25) is 0 Å². The molecule has 1 aliphatic rings. The van der Waals surface area contributed by atoms with Crippen molar-refractivity contribution in [3.63, 3.8) is 0 Å². The lowest BCUT2D eigenvalue weighted by Gasteiger charge is -2.12. The Morgan fingerprint density at radius 3 is 2.12 bits per heavy atom. The van der Waals surface area contributed by atoms with Crippen molar-refractivity contribution in [1.82, 2.24) is 10.5 Å². The Labute approximate surface area is 137 Å². The predicted octanol–water partition coefficient (Wildman–Crippen LogP) is 1.36. The fourth-order valence-electron chi connectivity index (χ4n) is 1.67. The molecule has 1 N–H and O–H groups in total. The number of imide groups is 1.